The zero-order valence-electron chi connectivity index (χ0n) is 15.9. The summed E-state index contributed by atoms with van der Waals surface area (Å²) in [4.78, 5) is 16.2. The summed E-state index contributed by atoms with van der Waals surface area (Å²) in [5.74, 6) is 0.586. The van der Waals surface area contributed by atoms with Crippen LogP contribution in [0.25, 0.3) is 5.69 Å². The summed E-state index contributed by atoms with van der Waals surface area (Å²) in [5, 5.41) is 7.41. The first kappa shape index (κ1) is 18.6. The highest BCUT2D eigenvalue weighted by molar-refractivity contribution is 5.76. The largest absolute Gasteiger partial charge is 0.481 e. The molecule has 0 atom stereocenters. The number of rotatable bonds is 7. The van der Waals surface area contributed by atoms with E-state index in [2.05, 4.69) is 21.5 Å². The van der Waals surface area contributed by atoms with E-state index in [1.807, 2.05) is 48.9 Å². The van der Waals surface area contributed by atoms with Crippen LogP contribution in [-0.4, -0.2) is 27.8 Å². The van der Waals surface area contributed by atoms with Gasteiger partial charge in [-0.3, -0.25) is 4.79 Å². The van der Waals surface area contributed by atoms with E-state index in [0.717, 1.165) is 28.2 Å². The summed E-state index contributed by atoms with van der Waals surface area (Å²) in [6.07, 6.45) is 2.85. The Morgan fingerprint density at radius 2 is 1.85 bits per heavy atom. The number of carbonyl (C=O) groups is 1. The molecule has 0 bridgehead atoms. The highest BCUT2D eigenvalue weighted by Gasteiger charge is 2.06. The van der Waals surface area contributed by atoms with Crippen molar-refractivity contribution in [3.63, 3.8) is 0 Å². The first-order valence-corrected chi connectivity index (χ1v) is 8.93. The number of aromatic nitrogens is 3. The van der Waals surface area contributed by atoms with Crippen LogP contribution in [0.1, 0.15) is 28.9 Å². The molecule has 2 heterocycles. The first-order valence-electron chi connectivity index (χ1n) is 8.93. The van der Waals surface area contributed by atoms with E-state index in [9.17, 15) is 4.79 Å². The van der Waals surface area contributed by atoms with E-state index in [-0.39, 0.29) is 5.91 Å². The lowest BCUT2D eigenvalue weighted by Gasteiger charge is -2.08. The molecule has 0 aliphatic rings. The number of nitrogens with zero attached hydrogens (tertiary/aromatic N) is 3. The minimum absolute atomic E-state index is 0.0217. The van der Waals surface area contributed by atoms with Crippen LogP contribution in [0.4, 0.5) is 0 Å². The van der Waals surface area contributed by atoms with Crippen molar-refractivity contribution in [2.75, 3.05) is 7.11 Å². The van der Waals surface area contributed by atoms with Crippen molar-refractivity contribution in [2.24, 2.45) is 0 Å². The minimum atomic E-state index is 0.0217. The third-order valence-electron chi connectivity index (χ3n) is 4.33. The number of methoxy groups -OCH3 is 1. The van der Waals surface area contributed by atoms with E-state index < -0.39 is 0 Å². The van der Waals surface area contributed by atoms with E-state index in [4.69, 9.17) is 4.74 Å². The van der Waals surface area contributed by atoms with Gasteiger partial charge in [-0.15, -0.1) is 0 Å². The normalized spacial score (nSPS) is 10.6. The van der Waals surface area contributed by atoms with Crippen molar-refractivity contribution in [1.29, 1.82) is 0 Å². The fraction of sp³-hybridized carbons (Fsp3) is 0.286. The number of carbonyl (C=O) groups excluding carboxylic acids is 1. The third kappa shape index (κ3) is 4.94. The number of amides is 1. The van der Waals surface area contributed by atoms with Crippen molar-refractivity contribution in [2.45, 2.75) is 33.2 Å². The lowest BCUT2D eigenvalue weighted by Crippen LogP contribution is -2.23. The van der Waals surface area contributed by atoms with Crippen molar-refractivity contribution in [3.8, 4) is 11.6 Å². The second-order valence-electron chi connectivity index (χ2n) is 6.49. The average Bonchev–Trinajstić information content (AvgIpc) is 3.03. The number of hydrogen-bond donors (Lipinski definition) is 1. The Morgan fingerprint density at radius 3 is 2.44 bits per heavy atom. The van der Waals surface area contributed by atoms with Crippen LogP contribution in [0, 0.1) is 13.8 Å². The molecule has 140 valence electrons. The smallest absolute Gasteiger partial charge is 0.220 e. The number of hydrogen-bond acceptors (Lipinski definition) is 4. The third-order valence-corrected chi connectivity index (χ3v) is 4.33. The van der Waals surface area contributed by atoms with Crippen LogP contribution in [0.5, 0.6) is 5.88 Å². The summed E-state index contributed by atoms with van der Waals surface area (Å²) >= 11 is 0. The topological polar surface area (TPSA) is 69.0 Å². The molecule has 0 unspecified atom stereocenters. The molecule has 0 aliphatic carbocycles. The Hall–Kier alpha value is -3.15. The number of nitrogens with one attached hydrogen (secondary N) is 1. The lowest BCUT2D eigenvalue weighted by atomic mass is 10.1. The Bertz CT molecular complexity index is 899. The van der Waals surface area contributed by atoms with Crippen LogP contribution in [0.3, 0.4) is 0 Å². The standard InChI is InChI=1S/C21H24N4O2/c1-15-12-16(2)25(24-15)19-8-4-17(5-9-19)6-10-20(26)22-13-18-7-11-21(27-3)23-14-18/h4-5,7-9,11-12,14H,6,10,13H2,1-3H3,(H,22,26). The monoisotopic (exact) mass is 364 g/mol. The molecule has 2 aromatic heterocycles. The van der Waals surface area contributed by atoms with Crippen molar-refractivity contribution in [3.05, 3.63) is 71.2 Å². The molecule has 0 saturated carbocycles. The molecule has 0 aliphatic heterocycles. The Morgan fingerprint density at radius 1 is 1.11 bits per heavy atom. The second-order valence-corrected chi connectivity index (χ2v) is 6.49. The van der Waals surface area contributed by atoms with Gasteiger partial charge >= 0.3 is 0 Å². The SMILES string of the molecule is COc1ccc(CNC(=O)CCc2ccc(-n3nc(C)cc3C)cc2)cn1. The number of ether oxygens (including phenoxy) is 1. The zero-order chi connectivity index (χ0) is 19.2. The quantitative estimate of drug-likeness (QED) is 0.699. The van der Waals surface area contributed by atoms with Crippen LogP contribution in [-0.2, 0) is 17.8 Å². The molecule has 0 spiro atoms. The maximum absolute atomic E-state index is 12.1. The molecule has 1 aromatic carbocycles. The van der Waals surface area contributed by atoms with Crippen LogP contribution >= 0.6 is 0 Å². The van der Waals surface area contributed by atoms with Gasteiger partial charge in [-0.25, -0.2) is 9.67 Å². The van der Waals surface area contributed by atoms with Gasteiger partial charge in [-0.05, 0) is 49.6 Å². The fourth-order valence-electron chi connectivity index (χ4n) is 2.88. The fourth-order valence-corrected chi connectivity index (χ4v) is 2.88. The highest BCUT2D eigenvalue weighted by atomic mass is 16.5. The van der Waals surface area contributed by atoms with Gasteiger partial charge in [0.25, 0.3) is 0 Å². The maximum atomic E-state index is 12.1. The van der Waals surface area contributed by atoms with E-state index >= 15 is 0 Å². The lowest BCUT2D eigenvalue weighted by molar-refractivity contribution is -0.121. The summed E-state index contributed by atoms with van der Waals surface area (Å²) < 4.78 is 6.95. The van der Waals surface area contributed by atoms with Gasteiger partial charge in [-0.1, -0.05) is 18.2 Å². The molecular formula is C21H24N4O2. The summed E-state index contributed by atoms with van der Waals surface area (Å²) in [5.41, 5.74) is 5.20. The number of aryl methyl sites for hydroxylation is 3. The van der Waals surface area contributed by atoms with Gasteiger partial charge in [0.1, 0.15) is 0 Å². The first-order chi connectivity index (χ1) is 13.0. The predicted octanol–water partition coefficient (Wildman–Crippen LogP) is 3.14. The van der Waals surface area contributed by atoms with E-state index in [1.165, 1.54) is 0 Å². The molecular weight excluding hydrogens is 340 g/mol. The van der Waals surface area contributed by atoms with Crippen LogP contribution in [0.2, 0.25) is 0 Å². The van der Waals surface area contributed by atoms with Crippen LogP contribution < -0.4 is 10.1 Å². The molecule has 1 N–H and O–H groups in total. The molecule has 0 fully saturated rings. The minimum Gasteiger partial charge on any atom is -0.481 e. The average molecular weight is 364 g/mol. The van der Waals surface area contributed by atoms with Gasteiger partial charge in [0.15, 0.2) is 0 Å². The number of benzene rings is 1. The molecule has 27 heavy (non-hydrogen) atoms. The zero-order valence-corrected chi connectivity index (χ0v) is 15.9. The molecule has 3 aromatic rings. The van der Waals surface area contributed by atoms with Crippen molar-refractivity contribution >= 4 is 5.91 Å². The van der Waals surface area contributed by atoms with Gasteiger partial charge < -0.3 is 10.1 Å². The Balaban J connectivity index is 1.49. The molecule has 6 nitrogen and oxygen atoms in total. The van der Waals surface area contributed by atoms with Crippen molar-refractivity contribution in [1.82, 2.24) is 20.1 Å². The molecule has 1 amide bonds. The summed E-state index contributed by atoms with van der Waals surface area (Å²) in [6.45, 7) is 4.49. The van der Waals surface area contributed by atoms with Gasteiger partial charge in [0.2, 0.25) is 11.8 Å². The molecule has 3 rings (SSSR count). The summed E-state index contributed by atoms with van der Waals surface area (Å²) in [6, 6.07) is 13.9. The van der Waals surface area contributed by atoms with Gasteiger partial charge in [-0.2, -0.15) is 5.10 Å². The Labute approximate surface area is 159 Å². The van der Waals surface area contributed by atoms with Crippen molar-refractivity contribution < 1.29 is 9.53 Å². The maximum Gasteiger partial charge on any atom is 0.220 e. The predicted molar refractivity (Wildman–Crippen MR) is 104 cm³/mol. The summed E-state index contributed by atoms with van der Waals surface area (Å²) in [7, 11) is 1.58. The Kier molecular flexibility index (Phi) is 5.86. The number of pyridine rings is 1. The van der Waals surface area contributed by atoms with Crippen LogP contribution in [0.15, 0.2) is 48.7 Å². The second kappa shape index (κ2) is 8.49. The van der Waals surface area contributed by atoms with E-state index in [1.54, 1.807) is 19.4 Å². The van der Waals surface area contributed by atoms with Gasteiger partial charge in [0, 0.05) is 30.9 Å². The molecule has 0 radical (unpaired) electrons. The highest BCUT2D eigenvalue weighted by Crippen LogP contribution is 2.14. The van der Waals surface area contributed by atoms with E-state index in [0.29, 0.717) is 25.3 Å². The molecule has 0 saturated heterocycles. The molecule has 6 heteroatoms. The van der Waals surface area contributed by atoms with Gasteiger partial charge in [0.05, 0.1) is 18.5 Å².